The smallest absolute Gasteiger partial charge is 0.169 e. The molecule has 2 aliphatic rings. The molecule has 4 heteroatoms. The van der Waals surface area contributed by atoms with Crippen LogP contribution in [-0.2, 0) is 20.8 Å². The molecule has 1 aliphatic heterocycles. The zero-order chi connectivity index (χ0) is 18.2. The van der Waals surface area contributed by atoms with Crippen LogP contribution in [0.4, 0.5) is 0 Å². The second-order valence-corrected chi connectivity index (χ2v) is 7.41. The fourth-order valence-corrected chi connectivity index (χ4v) is 3.85. The maximum Gasteiger partial charge on any atom is 0.169 e. The molecule has 1 N–H and O–H groups in total. The number of rotatable bonds is 8. The molecule has 1 spiro atoms. The molecule has 1 aromatic carbocycles. The van der Waals surface area contributed by atoms with E-state index in [4.69, 9.17) is 20.6 Å². The average Bonchev–Trinajstić information content (AvgIpc) is 3.08. The van der Waals surface area contributed by atoms with E-state index in [1.54, 1.807) is 0 Å². The predicted molar refractivity (Wildman–Crippen MR) is 100 cm³/mol. The van der Waals surface area contributed by atoms with E-state index in [-0.39, 0.29) is 12.2 Å². The monoisotopic (exact) mass is 358 g/mol. The zero-order valence-corrected chi connectivity index (χ0v) is 15.4. The van der Waals surface area contributed by atoms with Crippen molar-refractivity contribution >= 4 is 0 Å². The molecule has 2 fully saturated rings. The van der Waals surface area contributed by atoms with Crippen LogP contribution in [0.3, 0.4) is 0 Å². The molecule has 1 aromatic rings. The number of hydrogen-bond donors (Lipinski definition) is 1. The summed E-state index contributed by atoms with van der Waals surface area (Å²) in [5.74, 6) is 2.16. The zero-order valence-electron chi connectivity index (χ0n) is 15.4. The number of benzene rings is 1. The van der Waals surface area contributed by atoms with E-state index in [2.05, 4.69) is 5.92 Å². The highest BCUT2D eigenvalue weighted by molar-refractivity contribution is 5.13. The summed E-state index contributed by atoms with van der Waals surface area (Å²) in [5, 5.41) is 10.3. The molecule has 1 heterocycles. The van der Waals surface area contributed by atoms with Gasteiger partial charge in [0, 0.05) is 25.7 Å². The van der Waals surface area contributed by atoms with Crippen LogP contribution in [0.1, 0.15) is 56.9 Å². The van der Waals surface area contributed by atoms with Crippen LogP contribution in [0.5, 0.6) is 0 Å². The van der Waals surface area contributed by atoms with E-state index in [1.165, 1.54) is 6.42 Å². The summed E-state index contributed by atoms with van der Waals surface area (Å²) in [6.07, 6.45) is 11.6. The molecular formula is C22H30O4. The van der Waals surface area contributed by atoms with Gasteiger partial charge in [-0.25, -0.2) is 0 Å². The predicted octanol–water partition coefficient (Wildman–Crippen LogP) is 3.81. The van der Waals surface area contributed by atoms with Crippen molar-refractivity contribution in [3.63, 3.8) is 0 Å². The first-order chi connectivity index (χ1) is 12.7. The topological polar surface area (TPSA) is 47.9 Å². The first-order valence-corrected chi connectivity index (χ1v) is 9.80. The number of ether oxygens (including phenoxy) is 3. The lowest BCUT2D eigenvalue weighted by atomic mass is 9.94. The Labute approximate surface area is 156 Å². The first kappa shape index (κ1) is 19.4. The summed E-state index contributed by atoms with van der Waals surface area (Å²) in [4.78, 5) is 0. The molecule has 0 aromatic heterocycles. The van der Waals surface area contributed by atoms with Gasteiger partial charge in [-0.2, -0.15) is 0 Å². The van der Waals surface area contributed by atoms with Gasteiger partial charge in [0.05, 0.1) is 25.4 Å². The largest absolute Gasteiger partial charge is 0.393 e. The summed E-state index contributed by atoms with van der Waals surface area (Å²) in [5.41, 5.74) is 1.11. The fourth-order valence-electron chi connectivity index (χ4n) is 3.85. The van der Waals surface area contributed by atoms with Crippen LogP contribution in [0.15, 0.2) is 30.3 Å². The van der Waals surface area contributed by atoms with Gasteiger partial charge >= 0.3 is 0 Å². The molecule has 26 heavy (non-hydrogen) atoms. The van der Waals surface area contributed by atoms with Crippen LogP contribution in [0, 0.1) is 12.3 Å². The van der Waals surface area contributed by atoms with Crippen LogP contribution < -0.4 is 0 Å². The Bertz CT molecular complexity index is 574. The quantitative estimate of drug-likeness (QED) is 0.718. The highest BCUT2D eigenvalue weighted by Gasteiger charge is 2.45. The molecule has 3 rings (SSSR count). The third kappa shape index (κ3) is 5.31. The Morgan fingerprint density at radius 2 is 2.00 bits per heavy atom. The molecular weight excluding hydrogens is 328 g/mol. The van der Waals surface area contributed by atoms with Gasteiger partial charge in [-0.05, 0) is 24.8 Å². The molecule has 1 aliphatic carbocycles. The minimum atomic E-state index is -0.488. The molecule has 0 bridgehead atoms. The van der Waals surface area contributed by atoms with Crippen molar-refractivity contribution in [2.45, 2.75) is 82.1 Å². The molecule has 3 atom stereocenters. The van der Waals surface area contributed by atoms with Crippen LogP contribution in [0.25, 0.3) is 0 Å². The van der Waals surface area contributed by atoms with Crippen molar-refractivity contribution in [3.8, 4) is 12.3 Å². The van der Waals surface area contributed by atoms with Crippen molar-refractivity contribution in [3.05, 3.63) is 35.9 Å². The standard InChI is InChI=1S/C22H30O4/c1-2-3-12-19(23)15-20(24-16-18-10-6-4-7-11-18)21-17-25-22(26-21)13-8-5-9-14-22/h1,4,6-7,10-11,19-21,23H,3,5,8-9,12-17H2/t19-,20+,21-/m1/s1. The van der Waals surface area contributed by atoms with E-state index >= 15 is 0 Å². The lowest BCUT2D eigenvalue weighted by Gasteiger charge is -2.33. The number of aliphatic hydroxyl groups excluding tert-OH is 1. The Balaban J connectivity index is 1.61. The van der Waals surface area contributed by atoms with E-state index in [0.29, 0.717) is 32.5 Å². The van der Waals surface area contributed by atoms with Crippen molar-refractivity contribution in [1.82, 2.24) is 0 Å². The third-order valence-electron chi connectivity index (χ3n) is 5.34. The summed E-state index contributed by atoms with van der Waals surface area (Å²) in [7, 11) is 0. The number of hydrogen-bond acceptors (Lipinski definition) is 4. The molecule has 0 radical (unpaired) electrons. The van der Waals surface area contributed by atoms with E-state index in [0.717, 1.165) is 31.2 Å². The van der Waals surface area contributed by atoms with Crippen LogP contribution in [0.2, 0.25) is 0 Å². The summed E-state index contributed by atoms with van der Waals surface area (Å²) < 4.78 is 18.6. The number of aliphatic hydroxyl groups is 1. The average molecular weight is 358 g/mol. The van der Waals surface area contributed by atoms with Gasteiger partial charge in [0.25, 0.3) is 0 Å². The number of terminal acetylenes is 1. The van der Waals surface area contributed by atoms with Crippen molar-refractivity contribution in [2.24, 2.45) is 0 Å². The second kappa shape index (κ2) is 9.53. The Morgan fingerprint density at radius 3 is 2.73 bits per heavy atom. The van der Waals surface area contributed by atoms with E-state index in [9.17, 15) is 5.11 Å². The van der Waals surface area contributed by atoms with Gasteiger partial charge in [-0.15, -0.1) is 12.3 Å². The summed E-state index contributed by atoms with van der Waals surface area (Å²) >= 11 is 0. The maximum atomic E-state index is 10.3. The normalized spacial score (nSPS) is 24.2. The SMILES string of the molecule is C#CCC[C@@H](O)C[C@H](OCc1ccccc1)[C@H]1COC2(CCCCC2)O1. The van der Waals surface area contributed by atoms with Gasteiger partial charge in [0.1, 0.15) is 6.10 Å². The Hall–Kier alpha value is -1.38. The second-order valence-electron chi connectivity index (χ2n) is 7.41. The molecule has 0 unspecified atom stereocenters. The Kier molecular flexibility index (Phi) is 7.10. The van der Waals surface area contributed by atoms with Gasteiger partial charge in [0.15, 0.2) is 5.79 Å². The van der Waals surface area contributed by atoms with Crippen molar-refractivity contribution in [2.75, 3.05) is 6.61 Å². The molecule has 1 saturated carbocycles. The molecule has 0 amide bonds. The third-order valence-corrected chi connectivity index (χ3v) is 5.34. The van der Waals surface area contributed by atoms with Crippen LogP contribution in [-0.4, -0.2) is 35.8 Å². The van der Waals surface area contributed by atoms with E-state index < -0.39 is 11.9 Å². The maximum absolute atomic E-state index is 10.3. The molecule has 4 nitrogen and oxygen atoms in total. The Morgan fingerprint density at radius 1 is 1.23 bits per heavy atom. The van der Waals surface area contributed by atoms with Crippen molar-refractivity contribution < 1.29 is 19.3 Å². The highest BCUT2D eigenvalue weighted by Crippen LogP contribution is 2.39. The minimum absolute atomic E-state index is 0.141. The fraction of sp³-hybridized carbons (Fsp3) is 0.636. The minimum Gasteiger partial charge on any atom is -0.393 e. The van der Waals surface area contributed by atoms with E-state index in [1.807, 2.05) is 30.3 Å². The molecule has 1 saturated heterocycles. The summed E-state index contributed by atoms with van der Waals surface area (Å²) in [6, 6.07) is 10.1. The lowest BCUT2D eigenvalue weighted by Crippen LogP contribution is -2.38. The van der Waals surface area contributed by atoms with Gasteiger partial charge in [0.2, 0.25) is 0 Å². The van der Waals surface area contributed by atoms with Crippen molar-refractivity contribution in [1.29, 1.82) is 0 Å². The van der Waals surface area contributed by atoms with Gasteiger partial charge in [-0.1, -0.05) is 36.8 Å². The van der Waals surface area contributed by atoms with Crippen LogP contribution >= 0.6 is 0 Å². The molecule has 142 valence electrons. The highest BCUT2D eigenvalue weighted by atomic mass is 16.8. The van der Waals surface area contributed by atoms with Gasteiger partial charge in [-0.3, -0.25) is 0 Å². The lowest BCUT2D eigenvalue weighted by molar-refractivity contribution is -0.201. The first-order valence-electron chi connectivity index (χ1n) is 9.80. The summed E-state index contributed by atoms with van der Waals surface area (Å²) in [6.45, 7) is 1.03. The van der Waals surface area contributed by atoms with Gasteiger partial charge < -0.3 is 19.3 Å².